The zero-order valence-corrected chi connectivity index (χ0v) is 12.0. The lowest BCUT2D eigenvalue weighted by Crippen LogP contribution is -2.27. The summed E-state index contributed by atoms with van der Waals surface area (Å²) in [5.41, 5.74) is 2.46. The Morgan fingerprint density at radius 2 is 1.84 bits per heavy atom. The molecule has 0 bridgehead atoms. The van der Waals surface area contributed by atoms with E-state index in [1.807, 2.05) is 6.07 Å². The Morgan fingerprint density at radius 1 is 1.11 bits per heavy atom. The molecule has 4 nitrogen and oxygen atoms in total. The first-order valence-electron chi connectivity index (χ1n) is 6.75. The molecule has 0 aliphatic carbocycles. The van der Waals surface area contributed by atoms with Crippen LogP contribution in [0.3, 0.4) is 0 Å². The molecule has 1 fully saturated rings. The third-order valence-electron chi connectivity index (χ3n) is 3.72. The predicted molar refractivity (Wildman–Crippen MR) is 75.1 cm³/mol. The highest BCUT2D eigenvalue weighted by atomic mass is 16.5. The average molecular weight is 265 g/mol. The Hall–Kier alpha value is -1.26. The molecule has 2 rings (SSSR count). The predicted octanol–water partition coefficient (Wildman–Crippen LogP) is 2.32. The molecule has 0 spiro atoms. The van der Waals surface area contributed by atoms with Crippen molar-refractivity contribution in [2.75, 3.05) is 34.4 Å². The first kappa shape index (κ1) is 14.2. The van der Waals surface area contributed by atoms with E-state index in [-0.39, 0.29) is 0 Å². The van der Waals surface area contributed by atoms with Crippen molar-refractivity contribution in [2.24, 2.45) is 0 Å². The van der Waals surface area contributed by atoms with Crippen LogP contribution in [0.25, 0.3) is 0 Å². The van der Waals surface area contributed by atoms with Crippen molar-refractivity contribution in [3.63, 3.8) is 0 Å². The first-order chi connectivity index (χ1) is 9.31. The smallest absolute Gasteiger partial charge is 0.164 e. The van der Waals surface area contributed by atoms with Crippen molar-refractivity contribution in [1.82, 2.24) is 5.32 Å². The van der Waals surface area contributed by atoms with Crippen molar-refractivity contribution in [1.29, 1.82) is 0 Å². The van der Waals surface area contributed by atoms with Gasteiger partial charge in [0.15, 0.2) is 11.5 Å². The van der Waals surface area contributed by atoms with Gasteiger partial charge in [0.05, 0.1) is 20.8 Å². The number of piperidine rings is 1. The molecular formula is C15H23NO3. The summed E-state index contributed by atoms with van der Waals surface area (Å²) in [7, 11) is 5.11. The highest BCUT2D eigenvalue weighted by Crippen LogP contribution is 2.41. The Kier molecular flexibility index (Phi) is 5.05. The minimum atomic E-state index is 0.511. The van der Waals surface area contributed by atoms with E-state index in [0.717, 1.165) is 37.4 Å². The molecule has 1 aliphatic heterocycles. The summed E-state index contributed by atoms with van der Waals surface area (Å²) in [6.45, 7) is 2.72. The molecule has 1 aromatic carbocycles. The average Bonchev–Trinajstić information content (AvgIpc) is 2.47. The maximum Gasteiger partial charge on any atom is 0.164 e. The summed E-state index contributed by atoms with van der Waals surface area (Å²) < 4.78 is 16.3. The molecule has 0 aromatic heterocycles. The molecule has 0 atom stereocenters. The van der Waals surface area contributed by atoms with Gasteiger partial charge in [-0.1, -0.05) is 6.07 Å². The third-order valence-corrected chi connectivity index (χ3v) is 3.72. The number of nitrogens with one attached hydrogen (secondary N) is 1. The molecule has 1 N–H and O–H groups in total. The zero-order chi connectivity index (χ0) is 13.7. The maximum absolute atomic E-state index is 5.61. The molecule has 1 saturated heterocycles. The van der Waals surface area contributed by atoms with E-state index < -0.39 is 0 Å². The molecule has 1 heterocycles. The second-order valence-corrected chi connectivity index (χ2v) is 4.83. The second-order valence-electron chi connectivity index (χ2n) is 4.83. The Bertz CT molecular complexity index is 414. The lowest BCUT2D eigenvalue weighted by Gasteiger charge is -2.27. The van der Waals surface area contributed by atoms with Crippen molar-refractivity contribution >= 4 is 0 Å². The molecule has 1 aromatic rings. The van der Waals surface area contributed by atoms with Crippen LogP contribution in [-0.2, 0) is 11.3 Å². The molecular weight excluding hydrogens is 242 g/mol. The van der Waals surface area contributed by atoms with Crippen molar-refractivity contribution in [3.05, 3.63) is 23.3 Å². The number of ether oxygens (including phenoxy) is 3. The fraction of sp³-hybridized carbons (Fsp3) is 0.600. The summed E-state index contributed by atoms with van der Waals surface area (Å²) >= 11 is 0. The van der Waals surface area contributed by atoms with E-state index in [1.165, 1.54) is 11.1 Å². The van der Waals surface area contributed by atoms with Gasteiger partial charge >= 0.3 is 0 Å². The molecule has 0 saturated carbocycles. The Balaban J connectivity index is 2.44. The van der Waals surface area contributed by atoms with Gasteiger partial charge in [0.1, 0.15) is 0 Å². The zero-order valence-electron chi connectivity index (χ0n) is 12.0. The largest absolute Gasteiger partial charge is 0.493 e. The Morgan fingerprint density at radius 3 is 2.42 bits per heavy atom. The lowest BCUT2D eigenvalue weighted by atomic mass is 9.86. The molecule has 0 radical (unpaired) electrons. The van der Waals surface area contributed by atoms with Crippen molar-refractivity contribution < 1.29 is 14.2 Å². The van der Waals surface area contributed by atoms with Crippen LogP contribution in [-0.4, -0.2) is 34.4 Å². The van der Waals surface area contributed by atoms with E-state index in [1.54, 1.807) is 21.3 Å². The van der Waals surface area contributed by atoms with Crippen LogP contribution in [0.4, 0.5) is 0 Å². The minimum Gasteiger partial charge on any atom is -0.493 e. The standard InChI is InChI=1S/C15H23NO3/c1-17-10-12-4-5-13(18-2)15(19-3)14(12)11-6-8-16-9-7-11/h4-5,11,16H,6-10H2,1-3H3. The Labute approximate surface area is 115 Å². The minimum absolute atomic E-state index is 0.511. The molecule has 1 aliphatic rings. The fourth-order valence-corrected chi connectivity index (χ4v) is 2.83. The third kappa shape index (κ3) is 3.01. The van der Waals surface area contributed by atoms with Crippen LogP contribution in [0.5, 0.6) is 11.5 Å². The highest BCUT2D eigenvalue weighted by Gasteiger charge is 2.24. The van der Waals surface area contributed by atoms with Crippen LogP contribution in [0.2, 0.25) is 0 Å². The molecule has 4 heteroatoms. The van der Waals surface area contributed by atoms with Crippen LogP contribution in [0.15, 0.2) is 12.1 Å². The first-order valence-corrected chi connectivity index (χ1v) is 6.75. The van der Waals surface area contributed by atoms with Gasteiger partial charge in [0.25, 0.3) is 0 Å². The fourth-order valence-electron chi connectivity index (χ4n) is 2.83. The lowest BCUT2D eigenvalue weighted by molar-refractivity contribution is 0.182. The maximum atomic E-state index is 5.61. The molecule has 0 amide bonds. The summed E-state index contributed by atoms with van der Waals surface area (Å²) in [5, 5.41) is 3.40. The summed E-state index contributed by atoms with van der Waals surface area (Å²) in [4.78, 5) is 0. The molecule has 0 unspecified atom stereocenters. The monoisotopic (exact) mass is 265 g/mol. The highest BCUT2D eigenvalue weighted by molar-refractivity contribution is 5.52. The topological polar surface area (TPSA) is 39.7 Å². The normalized spacial score (nSPS) is 16.4. The van der Waals surface area contributed by atoms with Gasteiger partial charge < -0.3 is 19.5 Å². The van der Waals surface area contributed by atoms with Crippen molar-refractivity contribution in [2.45, 2.75) is 25.4 Å². The number of hydrogen-bond acceptors (Lipinski definition) is 4. The van der Waals surface area contributed by atoms with E-state index in [0.29, 0.717) is 12.5 Å². The number of hydrogen-bond donors (Lipinski definition) is 1. The van der Waals surface area contributed by atoms with Gasteiger partial charge in [-0.3, -0.25) is 0 Å². The summed E-state index contributed by atoms with van der Waals surface area (Å²) in [5.74, 6) is 2.18. The van der Waals surface area contributed by atoms with Crippen LogP contribution < -0.4 is 14.8 Å². The number of benzene rings is 1. The van der Waals surface area contributed by atoms with Crippen molar-refractivity contribution in [3.8, 4) is 11.5 Å². The van der Waals surface area contributed by atoms with Gasteiger partial charge in [-0.15, -0.1) is 0 Å². The van der Waals surface area contributed by atoms with Crippen LogP contribution in [0.1, 0.15) is 29.9 Å². The van der Waals surface area contributed by atoms with Crippen LogP contribution >= 0.6 is 0 Å². The number of rotatable bonds is 5. The second kappa shape index (κ2) is 6.78. The number of methoxy groups -OCH3 is 3. The van der Waals surface area contributed by atoms with Gasteiger partial charge in [-0.25, -0.2) is 0 Å². The van der Waals surface area contributed by atoms with Gasteiger partial charge in [0, 0.05) is 12.7 Å². The van der Waals surface area contributed by atoms with Gasteiger partial charge in [-0.2, -0.15) is 0 Å². The summed E-state index contributed by atoms with van der Waals surface area (Å²) in [6.07, 6.45) is 2.25. The van der Waals surface area contributed by atoms with E-state index in [2.05, 4.69) is 11.4 Å². The molecule has 106 valence electrons. The van der Waals surface area contributed by atoms with Gasteiger partial charge in [-0.05, 0) is 43.5 Å². The van der Waals surface area contributed by atoms with E-state index >= 15 is 0 Å². The van der Waals surface area contributed by atoms with E-state index in [4.69, 9.17) is 14.2 Å². The van der Waals surface area contributed by atoms with Crippen LogP contribution in [0, 0.1) is 0 Å². The quantitative estimate of drug-likeness (QED) is 0.887. The van der Waals surface area contributed by atoms with Gasteiger partial charge in [0.2, 0.25) is 0 Å². The SMILES string of the molecule is COCc1ccc(OC)c(OC)c1C1CCNCC1. The van der Waals surface area contributed by atoms with E-state index in [9.17, 15) is 0 Å². The molecule has 19 heavy (non-hydrogen) atoms. The summed E-state index contributed by atoms with van der Waals surface area (Å²) in [6, 6.07) is 4.04.